The zero-order valence-corrected chi connectivity index (χ0v) is 20.5. The van der Waals surface area contributed by atoms with Crippen LogP contribution in [-0.2, 0) is 33.9 Å². The van der Waals surface area contributed by atoms with Crippen LogP contribution < -0.4 is 5.73 Å². The van der Waals surface area contributed by atoms with Crippen LogP contribution in [-0.4, -0.2) is 85.8 Å². The van der Waals surface area contributed by atoms with Gasteiger partial charge in [0.1, 0.15) is 6.42 Å². The number of fused-ring (bicyclic) bond motifs is 1. The molecule has 3 rings (SSSR count). The molecule has 194 valence electrons. The van der Waals surface area contributed by atoms with Gasteiger partial charge in [-0.1, -0.05) is 0 Å². The molecule has 1 saturated carbocycles. The standard InChI is InChI=1S/C23H38F3N5O3/c1-29(9-8-27)13-18-21(17-4-6-22(7-5-17,15-33-2)16-34-3)19-14-30(10-11-31(19)28-18)20(32)12-23(24,25)26/h17H,4-16,27H2,1-3H3. The molecule has 0 atom stereocenters. The highest BCUT2D eigenvalue weighted by molar-refractivity contribution is 5.77. The molecule has 0 saturated heterocycles. The lowest BCUT2D eigenvalue weighted by Gasteiger charge is -2.40. The number of carbonyl (C=O) groups is 1. The summed E-state index contributed by atoms with van der Waals surface area (Å²) in [6, 6.07) is 0. The van der Waals surface area contributed by atoms with Gasteiger partial charge in [0.15, 0.2) is 0 Å². The lowest BCUT2D eigenvalue weighted by molar-refractivity contribution is -0.162. The van der Waals surface area contributed by atoms with Crippen LogP contribution >= 0.6 is 0 Å². The predicted molar refractivity (Wildman–Crippen MR) is 121 cm³/mol. The number of hydrogen-bond acceptors (Lipinski definition) is 6. The number of aromatic nitrogens is 2. The number of ether oxygens (including phenoxy) is 2. The van der Waals surface area contributed by atoms with Gasteiger partial charge in [-0.05, 0) is 38.6 Å². The number of hydrogen-bond donors (Lipinski definition) is 1. The van der Waals surface area contributed by atoms with Gasteiger partial charge in [-0.25, -0.2) is 0 Å². The molecular formula is C23H38F3N5O3. The minimum Gasteiger partial charge on any atom is -0.384 e. The molecule has 1 aliphatic heterocycles. The molecule has 2 aliphatic rings. The average molecular weight is 490 g/mol. The van der Waals surface area contributed by atoms with Crippen molar-refractivity contribution < 1.29 is 27.4 Å². The van der Waals surface area contributed by atoms with E-state index in [-0.39, 0.29) is 24.4 Å². The molecule has 1 amide bonds. The second-order valence-corrected chi connectivity index (χ2v) is 9.80. The average Bonchev–Trinajstić information content (AvgIpc) is 3.10. The van der Waals surface area contributed by atoms with E-state index in [9.17, 15) is 18.0 Å². The van der Waals surface area contributed by atoms with E-state index in [0.717, 1.165) is 42.6 Å². The zero-order chi connectivity index (χ0) is 24.9. The maximum Gasteiger partial charge on any atom is 0.397 e. The summed E-state index contributed by atoms with van der Waals surface area (Å²) in [5, 5.41) is 4.85. The molecule has 1 aromatic rings. The molecule has 11 heteroatoms. The monoisotopic (exact) mass is 489 g/mol. The Labute approximate surface area is 199 Å². The first-order valence-electron chi connectivity index (χ1n) is 11.9. The first kappa shape index (κ1) is 26.9. The lowest BCUT2D eigenvalue weighted by atomic mass is 9.69. The summed E-state index contributed by atoms with van der Waals surface area (Å²) in [6.07, 6.45) is -2.26. The van der Waals surface area contributed by atoms with Crippen molar-refractivity contribution >= 4 is 5.91 Å². The van der Waals surface area contributed by atoms with E-state index >= 15 is 0 Å². The van der Waals surface area contributed by atoms with E-state index in [2.05, 4.69) is 4.90 Å². The molecule has 0 bridgehead atoms. The van der Waals surface area contributed by atoms with E-state index in [1.807, 2.05) is 11.7 Å². The number of likely N-dealkylation sites (N-methyl/N-ethyl adjacent to an activating group) is 1. The molecule has 0 spiro atoms. The Morgan fingerprint density at radius 1 is 1.21 bits per heavy atom. The summed E-state index contributed by atoms with van der Waals surface area (Å²) in [6.45, 7) is 3.91. The third-order valence-corrected chi connectivity index (χ3v) is 7.09. The summed E-state index contributed by atoms with van der Waals surface area (Å²) in [4.78, 5) is 15.8. The number of carbonyl (C=O) groups excluding carboxylic acids is 1. The number of alkyl halides is 3. The van der Waals surface area contributed by atoms with E-state index in [1.165, 1.54) is 4.90 Å². The van der Waals surface area contributed by atoms with Gasteiger partial charge in [-0.2, -0.15) is 18.3 Å². The van der Waals surface area contributed by atoms with Crippen LogP contribution in [0.15, 0.2) is 0 Å². The Balaban J connectivity index is 1.86. The first-order chi connectivity index (χ1) is 16.1. The van der Waals surface area contributed by atoms with Gasteiger partial charge in [-0.3, -0.25) is 14.4 Å². The number of nitrogens with zero attached hydrogens (tertiary/aromatic N) is 4. The molecule has 1 aromatic heterocycles. The van der Waals surface area contributed by atoms with Crippen LogP contribution in [0, 0.1) is 5.41 Å². The van der Waals surface area contributed by atoms with Crippen molar-refractivity contribution in [3.05, 3.63) is 17.0 Å². The lowest BCUT2D eigenvalue weighted by Crippen LogP contribution is -2.40. The van der Waals surface area contributed by atoms with Crippen LogP contribution in [0.25, 0.3) is 0 Å². The Morgan fingerprint density at radius 2 is 1.85 bits per heavy atom. The number of halogens is 3. The molecule has 2 N–H and O–H groups in total. The van der Waals surface area contributed by atoms with Crippen molar-refractivity contribution in [2.75, 3.05) is 54.1 Å². The van der Waals surface area contributed by atoms with Gasteiger partial charge >= 0.3 is 6.18 Å². The Morgan fingerprint density at radius 3 is 2.41 bits per heavy atom. The van der Waals surface area contributed by atoms with Gasteiger partial charge < -0.3 is 20.1 Å². The van der Waals surface area contributed by atoms with E-state index in [0.29, 0.717) is 39.4 Å². The fourth-order valence-corrected chi connectivity index (χ4v) is 5.49. The van der Waals surface area contributed by atoms with Gasteiger partial charge in [0.25, 0.3) is 0 Å². The highest BCUT2D eigenvalue weighted by Crippen LogP contribution is 2.45. The fraction of sp³-hybridized carbons (Fsp3) is 0.826. The molecule has 8 nitrogen and oxygen atoms in total. The predicted octanol–water partition coefficient (Wildman–Crippen LogP) is 2.50. The van der Waals surface area contributed by atoms with Crippen molar-refractivity contribution in [1.82, 2.24) is 19.6 Å². The third-order valence-electron chi connectivity index (χ3n) is 7.09. The quantitative estimate of drug-likeness (QED) is 0.544. The SMILES string of the molecule is COCC1(COC)CCC(c2c(CN(C)CCN)nn3c2CN(C(=O)CC(F)(F)F)CC3)CC1. The second-order valence-electron chi connectivity index (χ2n) is 9.80. The first-order valence-corrected chi connectivity index (χ1v) is 11.9. The van der Waals surface area contributed by atoms with Crippen LogP contribution in [0.2, 0.25) is 0 Å². The highest BCUT2D eigenvalue weighted by atomic mass is 19.4. The zero-order valence-electron chi connectivity index (χ0n) is 20.5. The highest BCUT2D eigenvalue weighted by Gasteiger charge is 2.40. The van der Waals surface area contributed by atoms with E-state index in [1.54, 1.807) is 14.2 Å². The largest absolute Gasteiger partial charge is 0.397 e. The molecule has 1 aliphatic carbocycles. The van der Waals surface area contributed by atoms with Crippen molar-refractivity contribution in [3.63, 3.8) is 0 Å². The minimum atomic E-state index is -4.51. The van der Waals surface area contributed by atoms with E-state index in [4.69, 9.17) is 20.3 Å². The maximum atomic E-state index is 12.8. The third kappa shape index (κ3) is 6.50. The topological polar surface area (TPSA) is 85.8 Å². The van der Waals surface area contributed by atoms with Gasteiger partial charge in [-0.15, -0.1) is 0 Å². The molecule has 0 aromatic carbocycles. The van der Waals surface area contributed by atoms with E-state index < -0.39 is 18.5 Å². The van der Waals surface area contributed by atoms with Crippen molar-refractivity contribution in [2.24, 2.45) is 11.1 Å². The van der Waals surface area contributed by atoms with Crippen molar-refractivity contribution in [3.8, 4) is 0 Å². The molecule has 34 heavy (non-hydrogen) atoms. The molecular weight excluding hydrogens is 451 g/mol. The van der Waals surface area contributed by atoms with Crippen molar-refractivity contribution in [2.45, 2.75) is 63.8 Å². The normalized spacial score (nSPS) is 19.0. The number of rotatable bonds is 10. The number of methoxy groups -OCH3 is 2. The van der Waals surface area contributed by atoms with Gasteiger partial charge in [0.2, 0.25) is 5.91 Å². The summed E-state index contributed by atoms with van der Waals surface area (Å²) >= 11 is 0. The molecule has 0 unspecified atom stereocenters. The summed E-state index contributed by atoms with van der Waals surface area (Å²) in [5.74, 6) is -0.653. The minimum absolute atomic E-state index is 0.0293. The Bertz CT molecular complexity index is 814. The molecule has 2 heterocycles. The van der Waals surface area contributed by atoms with Gasteiger partial charge in [0, 0.05) is 51.4 Å². The maximum absolute atomic E-state index is 12.8. The molecule has 1 fully saturated rings. The van der Waals surface area contributed by atoms with Crippen molar-refractivity contribution in [1.29, 1.82) is 0 Å². The smallest absolute Gasteiger partial charge is 0.384 e. The van der Waals surface area contributed by atoms with Crippen LogP contribution in [0.1, 0.15) is 55.0 Å². The fourth-order valence-electron chi connectivity index (χ4n) is 5.49. The van der Waals surface area contributed by atoms with Gasteiger partial charge in [0.05, 0.1) is 37.7 Å². The molecule has 0 radical (unpaired) electrons. The number of nitrogens with two attached hydrogens (primary N) is 1. The van der Waals surface area contributed by atoms with Crippen LogP contribution in [0.5, 0.6) is 0 Å². The van der Waals surface area contributed by atoms with Crippen LogP contribution in [0.3, 0.4) is 0 Å². The summed E-state index contributed by atoms with van der Waals surface area (Å²) in [5.41, 5.74) is 8.59. The Kier molecular flexibility index (Phi) is 8.99. The van der Waals surface area contributed by atoms with Crippen LogP contribution in [0.4, 0.5) is 13.2 Å². The number of amides is 1. The summed E-state index contributed by atoms with van der Waals surface area (Å²) < 4.78 is 51.4. The second kappa shape index (κ2) is 11.4. The Hall–Kier alpha value is -1.69. The summed E-state index contributed by atoms with van der Waals surface area (Å²) in [7, 11) is 5.39.